The Balaban J connectivity index is 2.45. The van der Waals surface area contributed by atoms with Crippen molar-refractivity contribution in [1.29, 1.82) is 0 Å². The predicted molar refractivity (Wildman–Crippen MR) is 84.0 cm³/mol. The van der Waals surface area contributed by atoms with Gasteiger partial charge in [-0.15, -0.1) is 0 Å². The van der Waals surface area contributed by atoms with Crippen molar-refractivity contribution < 1.29 is 9.90 Å². The summed E-state index contributed by atoms with van der Waals surface area (Å²) in [5.41, 5.74) is 5.80. The van der Waals surface area contributed by atoms with Crippen LogP contribution < -0.4 is 5.73 Å². The van der Waals surface area contributed by atoms with Crippen LogP contribution in [0.4, 0.5) is 0 Å². The quantitative estimate of drug-likeness (QED) is 0.850. The third kappa shape index (κ3) is 2.44. The lowest BCUT2D eigenvalue weighted by Crippen LogP contribution is -2.42. The molecule has 0 radical (unpaired) electrons. The summed E-state index contributed by atoms with van der Waals surface area (Å²) in [5.74, 6) is -0.330. The van der Waals surface area contributed by atoms with Gasteiger partial charge in [0.15, 0.2) is 0 Å². The summed E-state index contributed by atoms with van der Waals surface area (Å²) in [5, 5.41) is 11.8. The van der Waals surface area contributed by atoms with Crippen molar-refractivity contribution in [2.24, 2.45) is 5.73 Å². The number of nitrogens with two attached hydrogens (primary N) is 1. The van der Waals surface area contributed by atoms with Gasteiger partial charge in [-0.3, -0.25) is 4.79 Å². The molecule has 4 nitrogen and oxygen atoms in total. The van der Waals surface area contributed by atoms with Crippen LogP contribution in [0.25, 0.3) is 10.8 Å². The average Bonchev–Trinajstić information content (AvgIpc) is 2.45. The number of phenolic OH excluding ortho intramolecular Hbond substituents is 1. The third-order valence-electron chi connectivity index (χ3n) is 3.44. The van der Waals surface area contributed by atoms with Gasteiger partial charge in [0.05, 0.1) is 16.6 Å². The highest BCUT2D eigenvalue weighted by molar-refractivity contribution is 7.80. The second kappa shape index (κ2) is 5.46. The molecule has 3 N–H and O–H groups in total. The van der Waals surface area contributed by atoms with Crippen LogP contribution >= 0.6 is 12.2 Å². The summed E-state index contributed by atoms with van der Waals surface area (Å²) in [6, 6.07) is 10.4. The zero-order chi connectivity index (χ0) is 14.9. The first-order valence-corrected chi connectivity index (χ1v) is 6.61. The molecular weight excluding hydrogens is 272 g/mol. The molecule has 2 aromatic rings. The van der Waals surface area contributed by atoms with Crippen molar-refractivity contribution in [3.63, 3.8) is 0 Å². The number of fused-ring (bicyclic) bond motifs is 1. The van der Waals surface area contributed by atoms with E-state index in [1.165, 1.54) is 4.90 Å². The fourth-order valence-corrected chi connectivity index (χ4v) is 2.14. The normalized spacial score (nSPS) is 12.1. The SMILES string of the molecule is CC(C(N)=S)N(C)C(=O)c1ccc2ccccc2c1O. The highest BCUT2D eigenvalue weighted by Gasteiger charge is 2.22. The molecule has 0 saturated carbocycles. The summed E-state index contributed by atoms with van der Waals surface area (Å²) in [6.45, 7) is 1.75. The highest BCUT2D eigenvalue weighted by Crippen LogP contribution is 2.29. The van der Waals surface area contributed by atoms with Gasteiger partial charge < -0.3 is 15.7 Å². The second-order valence-electron chi connectivity index (χ2n) is 4.68. The topological polar surface area (TPSA) is 66.6 Å². The van der Waals surface area contributed by atoms with E-state index in [4.69, 9.17) is 18.0 Å². The molecule has 2 rings (SSSR count). The summed E-state index contributed by atoms with van der Waals surface area (Å²) in [7, 11) is 1.61. The third-order valence-corrected chi connectivity index (χ3v) is 3.79. The van der Waals surface area contributed by atoms with Crippen molar-refractivity contribution in [3.8, 4) is 5.75 Å². The lowest BCUT2D eigenvalue weighted by atomic mass is 10.0. The number of nitrogens with zero attached hydrogens (tertiary/aromatic N) is 1. The summed E-state index contributed by atoms with van der Waals surface area (Å²) in [6.07, 6.45) is 0. The van der Waals surface area contributed by atoms with Crippen molar-refractivity contribution in [3.05, 3.63) is 42.0 Å². The molecule has 0 saturated heterocycles. The number of likely N-dealkylation sites (N-methyl/N-ethyl adjacent to an activating group) is 1. The lowest BCUT2D eigenvalue weighted by molar-refractivity contribution is 0.0776. The monoisotopic (exact) mass is 288 g/mol. The zero-order valence-corrected chi connectivity index (χ0v) is 12.1. The van der Waals surface area contributed by atoms with Crippen LogP contribution in [-0.4, -0.2) is 34.0 Å². The van der Waals surface area contributed by atoms with Crippen LogP contribution in [0.3, 0.4) is 0 Å². The van der Waals surface area contributed by atoms with E-state index in [1.807, 2.05) is 24.3 Å². The number of hydrogen-bond donors (Lipinski definition) is 2. The fraction of sp³-hybridized carbons (Fsp3) is 0.200. The molecule has 0 bridgehead atoms. The first-order valence-electron chi connectivity index (χ1n) is 6.20. The molecule has 0 aliphatic rings. The lowest BCUT2D eigenvalue weighted by Gasteiger charge is -2.24. The Morgan fingerprint density at radius 2 is 1.95 bits per heavy atom. The van der Waals surface area contributed by atoms with Gasteiger partial charge in [0.2, 0.25) is 0 Å². The maximum Gasteiger partial charge on any atom is 0.257 e. The van der Waals surface area contributed by atoms with E-state index < -0.39 is 0 Å². The molecule has 20 heavy (non-hydrogen) atoms. The van der Waals surface area contributed by atoms with Gasteiger partial charge in [-0.1, -0.05) is 42.5 Å². The molecule has 0 aromatic heterocycles. The molecular formula is C15H16N2O2S. The number of hydrogen-bond acceptors (Lipinski definition) is 3. The van der Waals surface area contributed by atoms with Gasteiger partial charge in [0.1, 0.15) is 5.75 Å². The number of phenols is 1. The molecule has 0 fully saturated rings. The van der Waals surface area contributed by atoms with E-state index in [9.17, 15) is 9.90 Å². The molecule has 1 unspecified atom stereocenters. The second-order valence-corrected chi connectivity index (χ2v) is 5.15. The van der Waals surface area contributed by atoms with E-state index >= 15 is 0 Å². The maximum atomic E-state index is 12.4. The van der Waals surface area contributed by atoms with Gasteiger partial charge in [-0.2, -0.15) is 0 Å². The van der Waals surface area contributed by atoms with Gasteiger partial charge in [0.25, 0.3) is 5.91 Å². The number of benzene rings is 2. The van der Waals surface area contributed by atoms with Crippen molar-refractivity contribution >= 4 is 33.9 Å². The minimum absolute atomic E-state index is 0.0184. The van der Waals surface area contributed by atoms with Gasteiger partial charge in [-0.05, 0) is 18.4 Å². The molecule has 5 heteroatoms. The van der Waals surface area contributed by atoms with Gasteiger partial charge in [0, 0.05) is 12.4 Å². The standard InChI is InChI=1S/C15H16N2O2S/c1-9(14(16)20)17(2)15(19)12-8-7-10-5-3-4-6-11(10)13(12)18/h3-9,18H,1-2H3,(H2,16,20). The Labute approximate surface area is 122 Å². The number of amides is 1. The number of thiocarbonyl (C=S) groups is 1. The Morgan fingerprint density at radius 1 is 1.30 bits per heavy atom. The van der Waals surface area contributed by atoms with E-state index in [2.05, 4.69) is 0 Å². The van der Waals surface area contributed by atoms with Crippen LogP contribution in [0.2, 0.25) is 0 Å². The Kier molecular flexibility index (Phi) is 3.90. The molecule has 1 atom stereocenters. The minimum Gasteiger partial charge on any atom is -0.506 e. The van der Waals surface area contributed by atoms with E-state index in [0.717, 1.165) is 5.39 Å². The molecule has 2 aromatic carbocycles. The molecule has 0 aliphatic heterocycles. The average molecular weight is 288 g/mol. The maximum absolute atomic E-state index is 12.4. The molecule has 0 heterocycles. The Bertz CT molecular complexity index is 685. The predicted octanol–water partition coefficient (Wildman–Crippen LogP) is 2.29. The van der Waals surface area contributed by atoms with Crippen molar-refractivity contribution in [2.75, 3.05) is 7.05 Å². The zero-order valence-electron chi connectivity index (χ0n) is 11.3. The highest BCUT2D eigenvalue weighted by atomic mass is 32.1. The van der Waals surface area contributed by atoms with Crippen LogP contribution in [-0.2, 0) is 0 Å². The number of rotatable bonds is 3. The first-order chi connectivity index (χ1) is 9.43. The summed E-state index contributed by atoms with van der Waals surface area (Å²) >= 11 is 4.89. The molecule has 1 amide bonds. The largest absolute Gasteiger partial charge is 0.506 e. The smallest absolute Gasteiger partial charge is 0.257 e. The first kappa shape index (κ1) is 14.3. The van der Waals surface area contributed by atoms with Gasteiger partial charge >= 0.3 is 0 Å². The van der Waals surface area contributed by atoms with Crippen LogP contribution in [0, 0.1) is 0 Å². The van der Waals surface area contributed by atoms with Crippen molar-refractivity contribution in [2.45, 2.75) is 13.0 Å². The van der Waals surface area contributed by atoms with Crippen LogP contribution in [0.15, 0.2) is 36.4 Å². The Morgan fingerprint density at radius 3 is 2.60 bits per heavy atom. The molecule has 104 valence electrons. The molecule has 0 aliphatic carbocycles. The fourth-order valence-electron chi connectivity index (χ4n) is 1.98. The number of carbonyl (C=O) groups excluding carboxylic acids is 1. The van der Waals surface area contributed by atoms with E-state index in [1.54, 1.807) is 26.1 Å². The minimum atomic E-state index is -0.372. The van der Waals surface area contributed by atoms with Crippen molar-refractivity contribution in [1.82, 2.24) is 4.90 Å². The van der Waals surface area contributed by atoms with Crippen LogP contribution in [0.5, 0.6) is 5.75 Å². The van der Waals surface area contributed by atoms with E-state index in [0.29, 0.717) is 5.39 Å². The van der Waals surface area contributed by atoms with E-state index in [-0.39, 0.29) is 28.3 Å². The summed E-state index contributed by atoms with van der Waals surface area (Å²) in [4.78, 5) is 14.1. The molecule has 0 spiro atoms. The number of aromatic hydroxyl groups is 1. The van der Waals surface area contributed by atoms with Gasteiger partial charge in [-0.25, -0.2) is 0 Å². The number of carbonyl (C=O) groups is 1. The van der Waals surface area contributed by atoms with Crippen LogP contribution in [0.1, 0.15) is 17.3 Å². The summed E-state index contributed by atoms with van der Waals surface area (Å²) < 4.78 is 0. The Hall–Kier alpha value is -2.14.